The van der Waals surface area contributed by atoms with Gasteiger partial charge in [-0.25, -0.2) is 0 Å². The number of benzene rings is 2. The van der Waals surface area contributed by atoms with Gasteiger partial charge in [0.1, 0.15) is 11.5 Å². The van der Waals surface area contributed by atoms with Crippen molar-refractivity contribution in [2.24, 2.45) is 10.5 Å². The van der Waals surface area contributed by atoms with Crippen molar-refractivity contribution in [2.45, 2.75) is 25.2 Å². The fourth-order valence-electron chi connectivity index (χ4n) is 4.00. The normalized spacial score (nSPS) is 26.6. The highest BCUT2D eigenvalue weighted by molar-refractivity contribution is 8.00. The highest BCUT2D eigenvalue weighted by Crippen LogP contribution is 2.58. The summed E-state index contributed by atoms with van der Waals surface area (Å²) in [5.74, 6) is -0.0780. The lowest BCUT2D eigenvalue weighted by Gasteiger charge is -2.33. The van der Waals surface area contributed by atoms with E-state index < -0.39 is 17.5 Å². The van der Waals surface area contributed by atoms with Crippen LogP contribution in [0, 0.1) is 5.41 Å². The third-order valence-electron chi connectivity index (χ3n) is 5.19. The van der Waals surface area contributed by atoms with E-state index in [9.17, 15) is 9.59 Å². The van der Waals surface area contributed by atoms with Crippen molar-refractivity contribution in [1.82, 2.24) is 0 Å². The minimum absolute atomic E-state index is 0.183. The standard InChI is InChI=1S/C21H19ClN2O3S/c1-13-21(20(26)24(23-13)17-9-4-3-5-10-17)18(27-14(2)25)12-28-19(21)15-7-6-8-16(22)11-15/h3-11,18-19H,12H2,1-2H3/t18-,19-,21+/m1/s1. The number of hydrogen-bond acceptors (Lipinski definition) is 5. The van der Waals surface area contributed by atoms with E-state index in [0.717, 1.165) is 5.56 Å². The Bertz CT molecular complexity index is 965. The summed E-state index contributed by atoms with van der Waals surface area (Å²) >= 11 is 7.81. The fourth-order valence-corrected chi connectivity index (χ4v) is 5.92. The number of para-hydroxylation sites is 1. The van der Waals surface area contributed by atoms with Crippen LogP contribution in [-0.2, 0) is 14.3 Å². The monoisotopic (exact) mass is 414 g/mol. The Hall–Kier alpha value is -2.31. The molecule has 0 aliphatic carbocycles. The number of thioether (sulfide) groups is 1. The molecule has 5 nitrogen and oxygen atoms in total. The minimum Gasteiger partial charge on any atom is -0.460 e. The molecule has 2 aromatic carbocycles. The summed E-state index contributed by atoms with van der Waals surface area (Å²) in [6.45, 7) is 3.20. The van der Waals surface area contributed by atoms with Gasteiger partial charge < -0.3 is 4.74 Å². The van der Waals surface area contributed by atoms with Gasteiger partial charge in [0.15, 0.2) is 0 Å². The molecule has 144 valence electrons. The van der Waals surface area contributed by atoms with Crippen molar-refractivity contribution >= 4 is 46.6 Å². The maximum atomic E-state index is 13.8. The van der Waals surface area contributed by atoms with Crippen molar-refractivity contribution in [3.05, 3.63) is 65.2 Å². The molecule has 0 N–H and O–H groups in total. The molecule has 28 heavy (non-hydrogen) atoms. The molecular formula is C21H19ClN2O3S. The van der Waals surface area contributed by atoms with Crippen molar-refractivity contribution in [3.63, 3.8) is 0 Å². The molecule has 0 bridgehead atoms. The predicted molar refractivity (Wildman–Crippen MR) is 112 cm³/mol. The Morgan fingerprint density at radius 1 is 1.25 bits per heavy atom. The number of amides is 1. The van der Waals surface area contributed by atoms with E-state index in [1.54, 1.807) is 17.8 Å². The van der Waals surface area contributed by atoms with Crippen LogP contribution in [0.1, 0.15) is 24.7 Å². The number of carbonyl (C=O) groups excluding carboxylic acids is 2. The van der Waals surface area contributed by atoms with Gasteiger partial charge in [-0.15, -0.1) is 11.8 Å². The molecule has 0 saturated carbocycles. The van der Waals surface area contributed by atoms with Crippen LogP contribution in [-0.4, -0.2) is 29.4 Å². The summed E-state index contributed by atoms with van der Waals surface area (Å²) in [5, 5.41) is 6.37. The second kappa shape index (κ2) is 7.26. The Morgan fingerprint density at radius 2 is 2.00 bits per heavy atom. The van der Waals surface area contributed by atoms with E-state index in [1.165, 1.54) is 11.9 Å². The van der Waals surface area contributed by atoms with Gasteiger partial charge in [0, 0.05) is 17.7 Å². The van der Waals surface area contributed by atoms with Gasteiger partial charge in [-0.3, -0.25) is 9.59 Å². The Morgan fingerprint density at radius 3 is 2.68 bits per heavy atom. The van der Waals surface area contributed by atoms with Crippen LogP contribution in [0.4, 0.5) is 5.69 Å². The van der Waals surface area contributed by atoms with Gasteiger partial charge in [0.25, 0.3) is 5.91 Å². The molecule has 3 atom stereocenters. The molecule has 2 heterocycles. The number of carbonyl (C=O) groups is 2. The number of anilines is 1. The number of halogens is 1. The first-order valence-corrected chi connectivity index (χ1v) is 10.4. The molecule has 1 amide bonds. The SMILES string of the molecule is CC(=O)O[C@@H]1CS[C@H](c2cccc(Cl)c2)[C@@]12C(=O)N(c1ccccc1)N=C2C. The van der Waals surface area contributed by atoms with Gasteiger partial charge >= 0.3 is 5.97 Å². The molecule has 2 aliphatic rings. The molecular weight excluding hydrogens is 396 g/mol. The maximum Gasteiger partial charge on any atom is 0.302 e. The van der Waals surface area contributed by atoms with E-state index in [1.807, 2.05) is 55.5 Å². The smallest absolute Gasteiger partial charge is 0.302 e. The van der Waals surface area contributed by atoms with Gasteiger partial charge in [0.05, 0.1) is 16.6 Å². The maximum absolute atomic E-state index is 13.8. The zero-order valence-corrected chi connectivity index (χ0v) is 17.0. The molecule has 4 rings (SSSR count). The Kier molecular flexibility index (Phi) is 4.93. The molecule has 2 aliphatic heterocycles. The largest absolute Gasteiger partial charge is 0.460 e. The molecule has 1 saturated heterocycles. The highest BCUT2D eigenvalue weighted by atomic mass is 35.5. The Labute approximate surface area is 172 Å². The fraction of sp³-hybridized carbons (Fsp3) is 0.286. The second-order valence-corrected chi connectivity index (χ2v) is 8.45. The number of rotatable bonds is 3. The number of hydrogen-bond donors (Lipinski definition) is 0. The predicted octanol–water partition coefficient (Wildman–Crippen LogP) is 4.47. The Balaban J connectivity index is 1.84. The lowest BCUT2D eigenvalue weighted by atomic mass is 9.73. The van der Waals surface area contributed by atoms with Crippen LogP contribution in [0.2, 0.25) is 5.02 Å². The number of nitrogens with zero attached hydrogens (tertiary/aromatic N) is 2. The summed E-state index contributed by atoms with van der Waals surface area (Å²) in [7, 11) is 0. The van der Waals surface area contributed by atoms with Gasteiger partial charge in [-0.1, -0.05) is 41.9 Å². The van der Waals surface area contributed by atoms with Crippen molar-refractivity contribution in [3.8, 4) is 0 Å². The zero-order chi connectivity index (χ0) is 19.9. The number of hydrazone groups is 1. The first-order chi connectivity index (χ1) is 13.4. The van der Waals surface area contributed by atoms with Crippen molar-refractivity contribution in [2.75, 3.05) is 10.8 Å². The lowest BCUT2D eigenvalue weighted by molar-refractivity contribution is -0.151. The van der Waals surface area contributed by atoms with Gasteiger partial charge in [0.2, 0.25) is 0 Å². The average molecular weight is 415 g/mol. The van der Waals surface area contributed by atoms with Crippen LogP contribution in [0.25, 0.3) is 0 Å². The summed E-state index contributed by atoms with van der Waals surface area (Å²) < 4.78 is 5.63. The topological polar surface area (TPSA) is 59.0 Å². The van der Waals surface area contributed by atoms with E-state index in [-0.39, 0.29) is 11.2 Å². The average Bonchev–Trinajstić information content (AvgIpc) is 3.17. The molecule has 1 spiro atoms. The van der Waals surface area contributed by atoms with Crippen LogP contribution in [0.15, 0.2) is 59.7 Å². The third kappa shape index (κ3) is 2.91. The van der Waals surface area contributed by atoms with Crippen LogP contribution >= 0.6 is 23.4 Å². The van der Waals surface area contributed by atoms with Crippen LogP contribution in [0.3, 0.4) is 0 Å². The first kappa shape index (κ1) is 19.0. The molecule has 0 aromatic heterocycles. The number of esters is 1. The molecule has 2 aromatic rings. The number of ether oxygens (including phenoxy) is 1. The second-order valence-electron chi connectivity index (χ2n) is 6.87. The first-order valence-electron chi connectivity index (χ1n) is 8.94. The van der Waals surface area contributed by atoms with E-state index in [4.69, 9.17) is 16.3 Å². The van der Waals surface area contributed by atoms with Gasteiger partial charge in [-0.05, 0) is 36.8 Å². The molecule has 7 heteroatoms. The summed E-state index contributed by atoms with van der Waals surface area (Å²) in [4.78, 5) is 25.6. The highest BCUT2D eigenvalue weighted by Gasteiger charge is 2.65. The summed E-state index contributed by atoms with van der Waals surface area (Å²) in [6.07, 6.45) is -0.594. The van der Waals surface area contributed by atoms with E-state index in [0.29, 0.717) is 22.2 Å². The van der Waals surface area contributed by atoms with Crippen LogP contribution < -0.4 is 5.01 Å². The van der Waals surface area contributed by atoms with E-state index >= 15 is 0 Å². The third-order valence-corrected chi connectivity index (χ3v) is 6.90. The summed E-state index contributed by atoms with van der Waals surface area (Å²) in [6, 6.07) is 16.8. The summed E-state index contributed by atoms with van der Waals surface area (Å²) in [5.41, 5.74) is 1.19. The van der Waals surface area contributed by atoms with Crippen molar-refractivity contribution < 1.29 is 14.3 Å². The van der Waals surface area contributed by atoms with Crippen molar-refractivity contribution in [1.29, 1.82) is 0 Å². The van der Waals surface area contributed by atoms with Crippen LogP contribution in [0.5, 0.6) is 0 Å². The lowest BCUT2D eigenvalue weighted by Crippen LogP contribution is -2.50. The molecule has 0 radical (unpaired) electrons. The van der Waals surface area contributed by atoms with Gasteiger partial charge in [-0.2, -0.15) is 10.1 Å². The molecule has 0 unspecified atom stereocenters. The van der Waals surface area contributed by atoms with E-state index in [2.05, 4.69) is 5.10 Å². The molecule has 1 fully saturated rings. The minimum atomic E-state index is -1.06. The zero-order valence-electron chi connectivity index (χ0n) is 15.5. The quantitative estimate of drug-likeness (QED) is 0.695.